The quantitative estimate of drug-likeness (QED) is 0.703. The fraction of sp³-hybridized carbons (Fsp3) is 0.261. The van der Waals surface area contributed by atoms with Crippen LogP contribution in [-0.4, -0.2) is 30.0 Å². The first kappa shape index (κ1) is 19.2. The van der Waals surface area contributed by atoms with Crippen LogP contribution in [0.4, 0.5) is 5.69 Å². The molecule has 29 heavy (non-hydrogen) atoms. The summed E-state index contributed by atoms with van der Waals surface area (Å²) in [6.45, 7) is 3.81. The Labute approximate surface area is 174 Å². The molecule has 5 nitrogen and oxygen atoms in total. The number of amides is 1. The van der Waals surface area contributed by atoms with E-state index in [1.54, 1.807) is 0 Å². The number of thiazole rings is 1. The minimum absolute atomic E-state index is 0.0992. The molecule has 0 atom stereocenters. The SMILES string of the molecule is Cc1ccccc1-c1nc(C(=O)NC2CCN(c3ccc(C#N)cc3)CC2)cs1. The Bertz CT molecular complexity index is 1040. The number of anilines is 1. The van der Waals surface area contributed by atoms with Crippen LogP contribution in [0.2, 0.25) is 0 Å². The van der Waals surface area contributed by atoms with E-state index in [9.17, 15) is 4.79 Å². The van der Waals surface area contributed by atoms with Crippen LogP contribution in [0.5, 0.6) is 0 Å². The van der Waals surface area contributed by atoms with Crippen LogP contribution in [0.15, 0.2) is 53.9 Å². The number of hydrogen-bond acceptors (Lipinski definition) is 5. The van der Waals surface area contributed by atoms with Gasteiger partial charge >= 0.3 is 0 Å². The molecule has 3 aromatic rings. The number of piperidine rings is 1. The average Bonchev–Trinajstić information content (AvgIpc) is 3.25. The van der Waals surface area contributed by atoms with Crippen molar-refractivity contribution in [1.29, 1.82) is 5.26 Å². The highest BCUT2D eigenvalue weighted by molar-refractivity contribution is 7.13. The van der Waals surface area contributed by atoms with Crippen LogP contribution in [0.3, 0.4) is 0 Å². The van der Waals surface area contributed by atoms with Crippen molar-refractivity contribution in [2.45, 2.75) is 25.8 Å². The number of carbonyl (C=O) groups is 1. The Morgan fingerprint density at radius 2 is 1.90 bits per heavy atom. The van der Waals surface area contributed by atoms with Crippen molar-refractivity contribution < 1.29 is 4.79 Å². The first-order chi connectivity index (χ1) is 14.1. The van der Waals surface area contributed by atoms with E-state index in [-0.39, 0.29) is 11.9 Å². The molecule has 0 spiro atoms. The summed E-state index contributed by atoms with van der Waals surface area (Å²) in [6.07, 6.45) is 1.78. The van der Waals surface area contributed by atoms with Crippen molar-refractivity contribution in [3.8, 4) is 16.6 Å². The van der Waals surface area contributed by atoms with Crippen LogP contribution >= 0.6 is 11.3 Å². The number of nitrogens with zero attached hydrogens (tertiary/aromatic N) is 3. The van der Waals surface area contributed by atoms with Gasteiger partial charge in [0.1, 0.15) is 10.7 Å². The van der Waals surface area contributed by atoms with Crippen molar-refractivity contribution in [2.24, 2.45) is 0 Å². The Morgan fingerprint density at radius 1 is 1.17 bits per heavy atom. The second kappa shape index (κ2) is 8.46. The lowest BCUT2D eigenvalue weighted by atomic mass is 10.0. The molecule has 1 fully saturated rings. The number of rotatable bonds is 4. The van der Waals surface area contributed by atoms with Crippen LogP contribution in [0.25, 0.3) is 10.6 Å². The molecule has 0 aliphatic carbocycles. The third-order valence-electron chi connectivity index (χ3n) is 5.30. The van der Waals surface area contributed by atoms with Gasteiger partial charge in [-0.3, -0.25) is 4.79 Å². The van der Waals surface area contributed by atoms with E-state index in [0.29, 0.717) is 11.3 Å². The number of aromatic nitrogens is 1. The molecule has 2 heterocycles. The van der Waals surface area contributed by atoms with Gasteiger partial charge in [-0.05, 0) is 49.6 Å². The molecule has 146 valence electrons. The molecule has 0 radical (unpaired) electrons. The molecule has 1 aliphatic heterocycles. The summed E-state index contributed by atoms with van der Waals surface area (Å²) in [5.74, 6) is -0.0992. The van der Waals surface area contributed by atoms with Crippen LogP contribution in [-0.2, 0) is 0 Å². The van der Waals surface area contributed by atoms with Gasteiger partial charge in [0, 0.05) is 35.8 Å². The predicted octanol–water partition coefficient (Wildman–Crippen LogP) is 4.39. The minimum atomic E-state index is -0.0992. The Kier molecular flexibility index (Phi) is 5.59. The zero-order valence-electron chi connectivity index (χ0n) is 16.3. The Hall–Kier alpha value is -3.17. The average molecular weight is 403 g/mol. The summed E-state index contributed by atoms with van der Waals surface area (Å²) >= 11 is 1.50. The van der Waals surface area contributed by atoms with Crippen molar-refractivity contribution in [3.63, 3.8) is 0 Å². The molecular weight excluding hydrogens is 380 g/mol. The zero-order valence-corrected chi connectivity index (χ0v) is 17.1. The summed E-state index contributed by atoms with van der Waals surface area (Å²) in [5, 5.41) is 14.8. The Morgan fingerprint density at radius 3 is 2.59 bits per heavy atom. The summed E-state index contributed by atoms with van der Waals surface area (Å²) in [5.41, 5.74) is 4.51. The molecule has 0 saturated carbocycles. The standard InChI is InChI=1S/C23H22N4OS/c1-16-4-2-3-5-20(16)23-26-21(15-29-23)22(28)25-18-10-12-27(13-11-18)19-8-6-17(14-24)7-9-19/h2-9,15,18H,10-13H2,1H3,(H,25,28). The van der Waals surface area contributed by atoms with Gasteiger partial charge in [-0.1, -0.05) is 24.3 Å². The van der Waals surface area contributed by atoms with E-state index in [1.807, 2.05) is 47.8 Å². The molecule has 1 aliphatic rings. The van der Waals surface area contributed by atoms with Crippen molar-refractivity contribution in [2.75, 3.05) is 18.0 Å². The molecule has 0 bridgehead atoms. The summed E-state index contributed by atoms with van der Waals surface area (Å²) < 4.78 is 0. The highest BCUT2D eigenvalue weighted by Crippen LogP contribution is 2.27. The lowest BCUT2D eigenvalue weighted by Gasteiger charge is -2.33. The molecule has 1 amide bonds. The summed E-state index contributed by atoms with van der Waals surface area (Å²) in [4.78, 5) is 19.5. The fourth-order valence-electron chi connectivity index (χ4n) is 3.60. The predicted molar refractivity (Wildman–Crippen MR) is 116 cm³/mol. The van der Waals surface area contributed by atoms with Gasteiger partial charge in [0.2, 0.25) is 0 Å². The highest BCUT2D eigenvalue weighted by Gasteiger charge is 2.22. The topological polar surface area (TPSA) is 69.0 Å². The number of hydrogen-bond donors (Lipinski definition) is 1. The maximum Gasteiger partial charge on any atom is 0.270 e. The number of carbonyl (C=O) groups excluding carboxylic acids is 1. The van der Waals surface area contributed by atoms with Crippen LogP contribution in [0, 0.1) is 18.3 Å². The number of aryl methyl sites for hydroxylation is 1. The van der Waals surface area contributed by atoms with Gasteiger partial charge in [-0.15, -0.1) is 11.3 Å². The minimum Gasteiger partial charge on any atom is -0.371 e. The Balaban J connectivity index is 1.34. The van der Waals surface area contributed by atoms with Crippen LogP contribution < -0.4 is 10.2 Å². The van der Waals surface area contributed by atoms with E-state index in [4.69, 9.17) is 5.26 Å². The fourth-order valence-corrected chi connectivity index (χ4v) is 4.49. The summed E-state index contributed by atoms with van der Waals surface area (Å²) in [7, 11) is 0. The molecule has 1 aromatic heterocycles. The van der Waals surface area contributed by atoms with Gasteiger partial charge in [-0.2, -0.15) is 5.26 Å². The highest BCUT2D eigenvalue weighted by atomic mass is 32.1. The van der Waals surface area contributed by atoms with Gasteiger partial charge < -0.3 is 10.2 Å². The maximum atomic E-state index is 12.7. The third-order valence-corrected chi connectivity index (χ3v) is 6.18. The molecule has 4 rings (SSSR count). The maximum absolute atomic E-state index is 12.7. The largest absolute Gasteiger partial charge is 0.371 e. The first-order valence-electron chi connectivity index (χ1n) is 9.71. The normalized spacial score (nSPS) is 14.4. The monoisotopic (exact) mass is 402 g/mol. The van der Waals surface area contributed by atoms with Gasteiger partial charge in [0.15, 0.2) is 0 Å². The van der Waals surface area contributed by atoms with Crippen molar-refractivity contribution >= 4 is 22.9 Å². The second-order valence-electron chi connectivity index (χ2n) is 7.25. The van der Waals surface area contributed by atoms with Gasteiger partial charge in [0.25, 0.3) is 5.91 Å². The van der Waals surface area contributed by atoms with Crippen LogP contribution in [0.1, 0.15) is 34.5 Å². The number of nitrogens with one attached hydrogen (secondary N) is 1. The van der Waals surface area contributed by atoms with Crippen molar-refractivity contribution in [1.82, 2.24) is 10.3 Å². The molecule has 1 saturated heterocycles. The molecule has 2 aromatic carbocycles. The third kappa shape index (κ3) is 4.30. The first-order valence-corrected chi connectivity index (χ1v) is 10.6. The molecule has 6 heteroatoms. The van der Waals surface area contributed by atoms with Gasteiger partial charge in [0.05, 0.1) is 11.6 Å². The summed E-state index contributed by atoms with van der Waals surface area (Å²) in [6, 6.07) is 18.0. The number of benzene rings is 2. The van der Waals surface area contributed by atoms with E-state index in [1.165, 1.54) is 11.3 Å². The second-order valence-corrected chi connectivity index (χ2v) is 8.10. The van der Waals surface area contributed by atoms with E-state index < -0.39 is 0 Å². The van der Waals surface area contributed by atoms with E-state index >= 15 is 0 Å². The van der Waals surface area contributed by atoms with Gasteiger partial charge in [-0.25, -0.2) is 4.98 Å². The lowest BCUT2D eigenvalue weighted by Crippen LogP contribution is -2.44. The molecule has 0 unspecified atom stereocenters. The van der Waals surface area contributed by atoms with E-state index in [2.05, 4.69) is 34.3 Å². The van der Waals surface area contributed by atoms with E-state index in [0.717, 1.165) is 47.8 Å². The lowest BCUT2D eigenvalue weighted by molar-refractivity contribution is 0.0927. The van der Waals surface area contributed by atoms with Crippen molar-refractivity contribution in [3.05, 3.63) is 70.7 Å². The number of nitriles is 1. The zero-order chi connectivity index (χ0) is 20.2. The molecular formula is C23H22N4OS. The molecule has 1 N–H and O–H groups in total. The smallest absolute Gasteiger partial charge is 0.270 e.